The van der Waals surface area contributed by atoms with Crippen LogP contribution in [0, 0.1) is 0 Å². The molecule has 27 heavy (non-hydrogen) atoms. The molecule has 0 spiro atoms. The highest BCUT2D eigenvalue weighted by Crippen LogP contribution is 2.17. The Hall–Kier alpha value is -2.46. The van der Waals surface area contributed by atoms with Crippen LogP contribution in [-0.2, 0) is 19.6 Å². The molecule has 1 aliphatic rings. The summed E-state index contributed by atoms with van der Waals surface area (Å²) < 4.78 is 26.2. The van der Waals surface area contributed by atoms with Crippen molar-refractivity contribution in [3.63, 3.8) is 0 Å². The number of hydrogen-bond donors (Lipinski definition) is 3. The number of nitrogens with zero attached hydrogens (tertiary/aromatic N) is 1. The van der Waals surface area contributed by atoms with Crippen LogP contribution in [0.25, 0.3) is 0 Å². The zero-order valence-electron chi connectivity index (χ0n) is 15.0. The third-order valence-corrected chi connectivity index (χ3v) is 6.07. The van der Waals surface area contributed by atoms with Crippen LogP contribution in [-0.4, -0.2) is 61.3 Å². The van der Waals surface area contributed by atoms with Gasteiger partial charge in [0.05, 0.1) is 11.4 Å². The van der Waals surface area contributed by atoms with Crippen LogP contribution < -0.4 is 10.6 Å². The normalized spacial score (nSPS) is 16.4. The van der Waals surface area contributed by atoms with Crippen molar-refractivity contribution in [2.75, 3.05) is 19.6 Å². The summed E-state index contributed by atoms with van der Waals surface area (Å²) in [4.78, 5) is 34.8. The van der Waals surface area contributed by atoms with Crippen molar-refractivity contribution in [1.29, 1.82) is 0 Å². The third-order valence-electron chi connectivity index (χ3n) is 4.21. The van der Waals surface area contributed by atoms with Crippen molar-refractivity contribution in [3.05, 3.63) is 29.8 Å². The van der Waals surface area contributed by atoms with E-state index in [9.17, 15) is 27.9 Å². The lowest BCUT2D eigenvalue weighted by Gasteiger charge is -2.25. The quantitative estimate of drug-likeness (QED) is 0.573. The van der Waals surface area contributed by atoms with Crippen LogP contribution in [0.2, 0.25) is 0 Å². The second-order valence-electron chi connectivity index (χ2n) is 6.22. The molecule has 10 heteroatoms. The van der Waals surface area contributed by atoms with Crippen molar-refractivity contribution >= 4 is 27.8 Å². The van der Waals surface area contributed by atoms with Gasteiger partial charge >= 0.3 is 5.97 Å². The van der Waals surface area contributed by atoms with Crippen molar-refractivity contribution < 1.29 is 27.9 Å². The Bertz CT molecular complexity index is 806. The first-order valence-electron chi connectivity index (χ1n) is 8.66. The average molecular weight is 397 g/mol. The molecular weight excluding hydrogens is 374 g/mol. The van der Waals surface area contributed by atoms with Crippen LogP contribution >= 0.6 is 0 Å². The minimum atomic E-state index is -3.84. The maximum absolute atomic E-state index is 12.6. The molecule has 0 aliphatic carbocycles. The van der Waals surface area contributed by atoms with Crippen LogP contribution in [0.3, 0.4) is 0 Å². The Balaban J connectivity index is 2.10. The molecule has 1 aliphatic heterocycles. The zero-order valence-corrected chi connectivity index (χ0v) is 15.8. The lowest BCUT2D eigenvalue weighted by atomic mass is 10.1. The highest BCUT2D eigenvalue weighted by Gasteiger charge is 2.29. The molecule has 2 rings (SSSR count). The van der Waals surface area contributed by atoms with Gasteiger partial charge in [0.15, 0.2) is 0 Å². The number of piperazine rings is 1. The molecule has 1 saturated heterocycles. The Morgan fingerprint density at radius 3 is 2.52 bits per heavy atom. The minimum absolute atomic E-state index is 0.0329. The minimum Gasteiger partial charge on any atom is -0.480 e. The van der Waals surface area contributed by atoms with Gasteiger partial charge in [-0.05, 0) is 30.7 Å². The maximum atomic E-state index is 12.6. The number of carbonyl (C=O) groups excluding carboxylic acids is 2. The predicted molar refractivity (Wildman–Crippen MR) is 96.6 cm³/mol. The number of carboxylic acids is 1. The van der Waals surface area contributed by atoms with E-state index >= 15 is 0 Å². The molecule has 0 unspecified atom stereocenters. The summed E-state index contributed by atoms with van der Waals surface area (Å²) in [5.74, 6) is -2.06. The van der Waals surface area contributed by atoms with Gasteiger partial charge in [-0.2, -0.15) is 4.31 Å². The number of carbonyl (C=O) groups is 3. The molecule has 1 atom stereocenters. The zero-order chi connectivity index (χ0) is 20.0. The summed E-state index contributed by atoms with van der Waals surface area (Å²) in [6.07, 6.45) is 1.79. The van der Waals surface area contributed by atoms with E-state index in [0.717, 1.165) is 10.7 Å². The monoisotopic (exact) mass is 397 g/mol. The molecular formula is C17H23N3O6S. The van der Waals surface area contributed by atoms with E-state index in [1.165, 1.54) is 24.3 Å². The maximum Gasteiger partial charge on any atom is 0.326 e. The summed E-state index contributed by atoms with van der Waals surface area (Å²) in [6, 6.07) is 4.21. The Morgan fingerprint density at radius 2 is 1.96 bits per heavy atom. The van der Waals surface area contributed by atoms with Gasteiger partial charge < -0.3 is 15.7 Å². The molecule has 0 radical (unpaired) electrons. The Labute approximate surface area is 157 Å². The first-order chi connectivity index (χ1) is 12.8. The molecule has 0 saturated carbocycles. The van der Waals surface area contributed by atoms with E-state index < -0.39 is 27.9 Å². The van der Waals surface area contributed by atoms with E-state index in [4.69, 9.17) is 0 Å². The lowest BCUT2D eigenvalue weighted by molar-refractivity contribution is -0.139. The third kappa shape index (κ3) is 5.27. The van der Waals surface area contributed by atoms with Crippen molar-refractivity contribution in [1.82, 2.24) is 14.9 Å². The molecule has 2 amide bonds. The van der Waals surface area contributed by atoms with Crippen LogP contribution in [0.1, 0.15) is 36.5 Å². The standard InChI is InChI=1S/C17H23N3O6S/c1-2-3-4-14(17(23)24)19-16(22)12-5-7-13(8-6-12)27(25,26)20-10-9-18-15(21)11-20/h5-8,14H,2-4,9-11H2,1H3,(H,18,21)(H,19,22)(H,23,24)/t14-/m0/s1. The summed E-state index contributed by atoms with van der Waals surface area (Å²) in [7, 11) is -3.84. The number of sulfonamides is 1. The molecule has 3 N–H and O–H groups in total. The number of amides is 2. The smallest absolute Gasteiger partial charge is 0.326 e. The molecule has 0 aromatic heterocycles. The van der Waals surface area contributed by atoms with E-state index in [2.05, 4.69) is 10.6 Å². The highest BCUT2D eigenvalue weighted by atomic mass is 32.2. The number of aliphatic carboxylic acids is 1. The van der Waals surface area contributed by atoms with E-state index in [1.54, 1.807) is 0 Å². The van der Waals surface area contributed by atoms with E-state index in [-0.39, 0.29) is 36.0 Å². The fraction of sp³-hybridized carbons (Fsp3) is 0.471. The van der Waals surface area contributed by atoms with E-state index in [1.807, 2.05) is 6.92 Å². The summed E-state index contributed by atoms with van der Waals surface area (Å²) in [6.45, 7) is 2.09. The van der Waals surface area contributed by atoms with Crippen molar-refractivity contribution in [3.8, 4) is 0 Å². The van der Waals surface area contributed by atoms with Gasteiger partial charge in [-0.15, -0.1) is 0 Å². The van der Waals surface area contributed by atoms with E-state index in [0.29, 0.717) is 12.8 Å². The summed E-state index contributed by atoms with van der Waals surface area (Å²) >= 11 is 0. The van der Waals surface area contributed by atoms with Crippen LogP contribution in [0.4, 0.5) is 0 Å². The first-order valence-corrected chi connectivity index (χ1v) is 10.1. The molecule has 1 fully saturated rings. The van der Waals surface area contributed by atoms with Gasteiger partial charge in [0, 0.05) is 18.7 Å². The van der Waals surface area contributed by atoms with Gasteiger partial charge in [0.2, 0.25) is 15.9 Å². The van der Waals surface area contributed by atoms with Crippen molar-refractivity contribution in [2.24, 2.45) is 0 Å². The van der Waals surface area contributed by atoms with Gasteiger partial charge in [-0.25, -0.2) is 13.2 Å². The van der Waals surface area contributed by atoms with Crippen LogP contribution in [0.5, 0.6) is 0 Å². The second kappa shape index (κ2) is 8.96. The van der Waals surface area contributed by atoms with Gasteiger partial charge in [0.25, 0.3) is 5.91 Å². The largest absolute Gasteiger partial charge is 0.480 e. The van der Waals surface area contributed by atoms with Gasteiger partial charge in [0.1, 0.15) is 6.04 Å². The summed E-state index contributed by atoms with van der Waals surface area (Å²) in [5, 5.41) is 14.2. The topological polar surface area (TPSA) is 133 Å². The lowest BCUT2D eigenvalue weighted by Crippen LogP contribution is -2.49. The molecule has 1 aromatic rings. The Kier molecular flexibility index (Phi) is 6.92. The average Bonchev–Trinajstić information content (AvgIpc) is 2.64. The number of nitrogens with one attached hydrogen (secondary N) is 2. The molecule has 1 aromatic carbocycles. The molecule has 148 valence electrons. The number of carboxylic acid groups (broad SMARTS) is 1. The number of benzene rings is 1. The molecule has 1 heterocycles. The first kappa shape index (κ1) is 20.8. The fourth-order valence-electron chi connectivity index (χ4n) is 2.65. The number of unbranched alkanes of at least 4 members (excludes halogenated alkanes) is 1. The van der Waals surface area contributed by atoms with Crippen molar-refractivity contribution in [2.45, 2.75) is 37.1 Å². The predicted octanol–water partition coefficient (Wildman–Crippen LogP) is 0.180. The Morgan fingerprint density at radius 1 is 1.30 bits per heavy atom. The van der Waals surface area contributed by atoms with Gasteiger partial charge in [-0.1, -0.05) is 19.8 Å². The molecule has 9 nitrogen and oxygen atoms in total. The highest BCUT2D eigenvalue weighted by molar-refractivity contribution is 7.89. The van der Waals surface area contributed by atoms with Gasteiger partial charge in [-0.3, -0.25) is 9.59 Å². The number of hydrogen-bond acceptors (Lipinski definition) is 5. The second-order valence-corrected chi connectivity index (χ2v) is 8.16. The SMILES string of the molecule is CCCC[C@H](NC(=O)c1ccc(S(=O)(=O)N2CCNC(=O)C2)cc1)C(=O)O. The van der Waals surface area contributed by atoms with Crippen LogP contribution in [0.15, 0.2) is 29.2 Å². The summed E-state index contributed by atoms with van der Waals surface area (Å²) in [5.41, 5.74) is 0.160. The molecule has 0 bridgehead atoms. The fourth-order valence-corrected chi connectivity index (χ4v) is 4.05. The number of rotatable bonds is 8.